The van der Waals surface area contributed by atoms with Crippen LogP contribution in [0, 0.1) is 11.6 Å². The van der Waals surface area contributed by atoms with Crippen LogP contribution in [-0.4, -0.2) is 52.8 Å². The third kappa shape index (κ3) is 5.92. The molecule has 1 fully saturated rings. The predicted molar refractivity (Wildman–Crippen MR) is 119 cm³/mol. The summed E-state index contributed by atoms with van der Waals surface area (Å²) in [6.07, 6.45) is -6.75. The van der Waals surface area contributed by atoms with Gasteiger partial charge >= 0.3 is 6.18 Å². The van der Waals surface area contributed by atoms with Gasteiger partial charge in [-0.1, -0.05) is 0 Å². The Morgan fingerprint density at radius 1 is 1.08 bits per heavy atom. The van der Waals surface area contributed by atoms with Crippen molar-refractivity contribution < 1.29 is 39.9 Å². The molecule has 2 heterocycles. The van der Waals surface area contributed by atoms with Crippen LogP contribution >= 0.6 is 0 Å². The minimum absolute atomic E-state index is 0.0130. The van der Waals surface area contributed by atoms with E-state index in [-0.39, 0.29) is 34.7 Å². The number of benzene rings is 2. The molecule has 7 nitrogen and oxygen atoms in total. The third-order valence-electron chi connectivity index (χ3n) is 5.82. The summed E-state index contributed by atoms with van der Waals surface area (Å²) in [6, 6.07) is 6.32. The highest BCUT2D eigenvalue weighted by Crippen LogP contribution is 2.30. The molecule has 3 aromatic rings. The average Bonchev–Trinajstić information content (AvgIpc) is 3.26. The Bertz CT molecular complexity index is 1350. The zero-order valence-electron chi connectivity index (χ0n) is 18.8. The minimum Gasteiger partial charge on any atom is -0.377 e. The fourth-order valence-corrected chi connectivity index (χ4v) is 5.60. The number of halogens is 6. The number of aromatic nitrogens is 2. The maximum atomic E-state index is 14.4. The molecule has 3 atom stereocenters. The fraction of sp³-hybridized carbons (Fsp3) is 0.304. The van der Waals surface area contributed by atoms with Crippen LogP contribution in [0.5, 0.6) is 0 Å². The minimum atomic E-state index is -4.67. The van der Waals surface area contributed by atoms with Crippen molar-refractivity contribution in [3.05, 3.63) is 77.8 Å². The first kappa shape index (κ1) is 27.0. The summed E-state index contributed by atoms with van der Waals surface area (Å²) in [7, 11) is -4.27. The lowest BCUT2D eigenvalue weighted by Crippen LogP contribution is -2.48. The molecule has 0 radical (unpaired) electrons. The van der Waals surface area contributed by atoms with Gasteiger partial charge in [0.25, 0.3) is 0 Å². The number of rotatable bonds is 7. The van der Waals surface area contributed by atoms with E-state index < -0.39 is 58.5 Å². The number of nitrogens with one attached hydrogen (secondary N) is 1. The molecule has 3 unspecified atom stereocenters. The van der Waals surface area contributed by atoms with E-state index >= 15 is 0 Å². The lowest BCUT2D eigenvalue weighted by molar-refractivity contribution is -0.141. The van der Waals surface area contributed by atoms with Crippen LogP contribution < -0.4 is 5.32 Å². The summed E-state index contributed by atoms with van der Waals surface area (Å²) in [5, 5.41) is 13.2. The molecule has 1 aliphatic rings. The molecule has 0 saturated carbocycles. The number of hydrogen-bond donors (Lipinski definition) is 2. The highest BCUT2D eigenvalue weighted by molar-refractivity contribution is 7.89. The van der Waals surface area contributed by atoms with Gasteiger partial charge < -0.3 is 5.11 Å². The maximum absolute atomic E-state index is 14.4. The van der Waals surface area contributed by atoms with Gasteiger partial charge in [-0.25, -0.2) is 26.6 Å². The number of sulfonamides is 1. The van der Waals surface area contributed by atoms with Crippen LogP contribution in [0.3, 0.4) is 0 Å². The van der Waals surface area contributed by atoms with Crippen LogP contribution in [0.2, 0.25) is 0 Å². The molecule has 1 aliphatic heterocycles. The molecule has 1 saturated heterocycles. The van der Waals surface area contributed by atoms with E-state index in [1.165, 1.54) is 12.1 Å². The molecule has 4 rings (SSSR count). The Hall–Kier alpha value is -3.07. The van der Waals surface area contributed by atoms with E-state index in [9.17, 15) is 39.9 Å². The summed E-state index contributed by atoms with van der Waals surface area (Å²) in [5.41, 5.74) is -0.909. The standard InChI is InChI=1S/C23H20F6N4O3S/c24-15-2-4-17(5-3-15)37(35,36)33-12-16(25)8-20(33)22(34)32-9-14-7-13(1-6-18(14)26)19-10-31-21(11-30-19)23(27,28)29/h1-7,10-11,16,20,22,32,34H,8-9,12H2. The quantitative estimate of drug-likeness (QED) is 0.347. The van der Waals surface area contributed by atoms with Gasteiger partial charge in [0.1, 0.15) is 24.0 Å². The van der Waals surface area contributed by atoms with Gasteiger partial charge in [0.15, 0.2) is 5.69 Å². The van der Waals surface area contributed by atoms with Crippen molar-refractivity contribution in [2.75, 3.05) is 6.54 Å². The van der Waals surface area contributed by atoms with Crippen LogP contribution in [-0.2, 0) is 22.7 Å². The van der Waals surface area contributed by atoms with Gasteiger partial charge in [-0.05, 0) is 42.5 Å². The van der Waals surface area contributed by atoms with Crippen molar-refractivity contribution >= 4 is 10.0 Å². The highest BCUT2D eigenvalue weighted by atomic mass is 32.2. The highest BCUT2D eigenvalue weighted by Gasteiger charge is 2.43. The molecule has 0 bridgehead atoms. The second-order valence-corrected chi connectivity index (χ2v) is 10.2. The third-order valence-corrected chi connectivity index (χ3v) is 7.72. The lowest BCUT2D eigenvalue weighted by atomic mass is 10.1. The van der Waals surface area contributed by atoms with Gasteiger partial charge in [-0.2, -0.15) is 17.5 Å². The van der Waals surface area contributed by atoms with E-state index in [1.807, 2.05) is 0 Å². The smallest absolute Gasteiger partial charge is 0.377 e. The summed E-state index contributed by atoms with van der Waals surface area (Å²) in [6.45, 7) is -0.855. The van der Waals surface area contributed by atoms with E-state index in [1.54, 1.807) is 0 Å². The normalized spacial score (nSPS) is 19.8. The van der Waals surface area contributed by atoms with Crippen LogP contribution in [0.15, 0.2) is 59.8 Å². The average molecular weight is 546 g/mol. The molecule has 0 amide bonds. The van der Waals surface area contributed by atoms with Gasteiger partial charge in [-0.15, -0.1) is 0 Å². The number of alkyl halides is 4. The van der Waals surface area contributed by atoms with Gasteiger partial charge in [0, 0.05) is 30.6 Å². The van der Waals surface area contributed by atoms with E-state index in [4.69, 9.17) is 0 Å². The zero-order valence-corrected chi connectivity index (χ0v) is 19.6. The van der Waals surface area contributed by atoms with Crippen molar-refractivity contribution in [1.82, 2.24) is 19.6 Å². The Kier molecular flexibility index (Phi) is 7.55. The van der Waals surface area contributed by atoms with Crippen molar-refractivity contribution in [3.63, 3.8) is 0 Å². The van der Waals surface area contributed by atoms with Crippen LogP contribution in [0.4, 0.5) is 26.3 Å². The maximum Gasteiger partial charge on any atom is 0.434 e. The number of hydrogen-bond acceptors (Lipinski definition) is 6. The molecule has 2 aromatic carbocycles. The number of nitrogens with zero attached hydrogens (tertiary/aromatic N) is 3. The first-order valence-electron chi connectivity index (χ1n) is 10.9. The molecule has 0 spiro atoms. The second-order valence-electron chi connectivity index (χ2n) is 8.35. The van der Waals surface area contributed by atoms with Gasteiger partial charge in [-0.3, -0.25) is 10.3 Å². The van der Waals surface area contributed by atoms with Gasteiger partial charge in [0.2, 0.25) is 10.0 Å². The fourth-order valence-electron chi connectivity index (χ4n) is 3.93. The molecule has 2 N–H and O–H groups in total. The summed E-state index contributed by atoms with van der Waals surface area (Å²) < 4.78 is 107. The Labute approximate surface area is 207 Å². The van der Waals surface area contributed by atoms with Crippen LogP contribution in [0.1, 0.15) is 17.7 Å². The monoisotopic (exact) mass is 546 g/mol. The summed E-state index contributed by atoms with van der Waals surface area (Å²) in [5.74, 6) is -1.37. The molecule has 0 aliphatic carbocycles. The first-order valence-corrected chi connectivity index (χ1v) is 12.3. The molecule has 14 heteroatoms. The van der Waals surface area contributed by atoms with Crippen LogP contribution in [0.25, 0.3) is 11.3 Å². The summed E-state index contributed by atoms with van der Waals surface area (Å²) in [4.78, 5) is 6.75. The summed E-state index contributed by atoms with van der Waals surface area (Å²) >= 11 is 0. The second kappa shape index (κ2) is 10.4. The number of aliphatic hydroxyl groups is 1. The first-order chi connectivity index (χ1) is 17.4. The van der Waals surface area contributed by atoms with E-state index in [0.717, 1.165) is 40.8 Å². The Balaban J connectivity index is 1.50. The SMILES string of the molecule is O=S(=O)(c1ccc(F)cc1)N1CC(F)CC1C(O)NCc1cc(-c2cnc(C(F)(F)F)cn2)ccc1F. The Morgan fingerprint density at radius 2 is 1.78 bits per heavy atom. The largest absolute Gasteiger partial charge is 0.434 e. The van der Waals surface area contributed by atoms with Crippen molar-refractivity contribution in [1.29, 1.82) is 0 Å². The Morgan fingerprint density at radius 3 is 2.41 bits per heavy atom. The lowest BCUT2D eigenvalue weighted by Gasteiger charge is -2.28. The molecular formula is C23H20F6N4O3S. The van der Waals surface area contributed by atoms with Crippen molar-refractivity contribution in [3.8, 4) is 11.3 Å². The molecule has 1 aromatic heterocycles. The molecule has 37 heavy (non-hydrogen) atoms. The van der Waals surface area contributed by atoms with Crippen molar-refractivity contribution in [2.45, 2.75) is 42.5 Å². The predicted octanol–water partition coefficient (Wildman–Crippen LogP) is 3.65. The molecule has 198 valence electrons. The van der Waals surface area contributed by atoms with Crippen molar-refractivity contribution in [2.24, 2.45) is 0 Å². The van der Waals surface area contributed by atoms with E-state index in [2.05, 4.69) is 15.3 Å². The molecular weight excluding hydrogens is 526 g/mol. The number of aliphatic hydroxyl groups excluding tert-OH is 1. The topological polar surface area (TPSA) is 95.4 Å². The van der Waals surface area contributed by atoms with Gasteiger partial charge in [0.05, 0.1) is 29.0 Å². The van der Waals surface area contributed by atoms with E-state index in [0.29, 0.717) is 6.20 Å². The zero-order chi connectivity index (χ0) is 27.0.